The van der Waals surface area contributed by atoms with Gasteiger partial charge in [0.25, 0.3) is 0 Å². The summed E-state index contributed by atoms with van der Waals surface area (Å²) in [5, 5.41) is 0.740. The Labute approximate surface area is 111 Å². The standard InChI is InChI=1S/C13H18N4S/c1-18-10-5-2-4-9(8-10)17-12-11(16-13(17)14)6-3-7-15-12/h3,6-7,9-10H,2,4-5,8H2,1H3,(H2,14,16). The summed E-state index contributed by atoms with van der Waals surface area (Å²) in [6.45, 7) is 0. The summed E-state index contributed by atoms with van der Waals surface area (Å²) in [4.78, 5) is 8.85. The molecule has 0 radical (unpaired) electrons. The Morgan fingerprint density at radius 3 is 3.17 bits per heavy atom. The Bertz CT molecular complexity index is 551. The van der Waals surface area contributed by atoms with E-state index in [-0.39, 0.29) is 0 Å². The van der Waals surface area contributed by atoms with Gasteiger partial charge in [-0.15, -0.1) is 0 Å². The summed E-state index contributed by atoms with van der Waals surface area (Å²) in [5.74, 6) is 0.607. The van der Waals surface area contributed by atoms with Gasteiger partial charge in [0.05, 0.1) is 0 Å². The van der Waals surface area contributed by atoms with Gasteiger partial charge in [0.2, 0.25) is 5.95 Å². The third kappa shape index (κ3) is 1.96. The maximum Gasteiger partial charge on any atom is 0.202 e. The maximum atomic E-state index is 6.08. The van der Waals surface area contributed by atoms with Gasteiger partial charge in [-0.2, -0.15) is 11.8 Å². The molecule has 1 saturated carbocycles. The first-order chi connectivity index (χ1) is 8.79. The van der Waals surface area contributed by atoms with Gasteiger partial charge in [-0.1, -0.05) is 6.42 Å². The number of nitrogens with zero attached hydrogens (tertiary/aromatic N) is 3. The van der Waals surface area contributed by atoms with Crippen LogP contribution in [-0.2, 0) is 0 Å². The molecule has 96 valence electrons. The molecule has 1 fully saturated rings. The van der Waals surface area contributed by atoms with Gasteiger partial charge in [-0.3, -0.25) is 4.57 Å². The Morgan fingerprint density at radius 1 is 1.44 bits per heavy atom. The van der Waals surface area contributed by atoms with Crippen LogP contribution in [0.1, 0.15) is 31.7 Å². The van der Waals surface area contributed by atoms with Crippen LogP contribution in [0.4, 0.5) is 5.95 Å². The first-order valence-electron chi connectivity index (χ1n) is 6.41. The van der Waals surface area contributed by atoms with Crippen LogP contribution in [0.25, 0.3) is 11.2 Å². The highest BCUT2D eigenvalue weighted by Crippen LogP contribution is 2.36. The molecule has 1 aliphatic rings. The number of imidazole rings is 1. The average Bonchev–Trinajstić information content (AvgIpc) is 2.74. The van der Waals surface area contributed by atoms with Gasteiger partial charge < -0.3 is 5.73 Å². The second kappa shape index (κ2) is 4.80. The summed E-state index contributed by atoms with van der Waals surface area (Å²) in [6, 6.07) is 4.34. The molecule has 0 amide bonds. The summed E-state index contributed by atoms with van der Waals surface area (Å²) in [6.07, 6.45) is 8.95. The predicted molar refractivity (Wildman–Crippen MR) is 76.7 cm³/mol. The van der Waals surface area contributed by atoms with E-state index in [0.717, 1.165) is 16.4 Å². The van der Waals surface area contributed by atoms with E-state index in [9.17, 15) is 0 Å². The van der Waals surface area contributed by atoms with Crippen LogP contribution in [0, 0.1) is 0 Å². The van der Waals surface area contributed by atoms with Crippen molar-refractivity contribution in [3.05, 3.63) is 18.3 Å². The second-order valence-corrected chi connectivity index (χ2v) is 6.00. The number of nitrogens with two attached hydrogens (primary N) is 1. The number of thioether (sulfide) groups is 1. The van der Waals surface area contributed by atoms with Crippen LogP contribution in [0.3, 0.4) is 0 Å². The zero-order chi connectivity index (χ0) is 12.5. The number of anilines is 1. The zero-order valence-corrected chi connectivity index (χ0v) is 11.4. The van der Waals surface area contributed by atoms with E-state index in [2.05, 4.69) is 20.8 Å². The SMILES string of the molecule is CSC1CCCC(n2c(N)nc3cccnc32)C1. The lowest BCUT2D eigenvalue weighted by molar-refractivity contribution is 0.370. The molecule has 2 atom stereocenters. The molecule has 0 spiro atoms. The highest BCUT2D eigenvalue weighted by atomic mass is 32.2. The Kier molecular flexibility index (Phi) is 3.16. The van der Waals surface area contributed by atoms with Crippen molar-refractivity contribution in [3.8, 4) is 0 Å². The van der Waals surface area contributed by atoms with Crippen LogP contribution in [0.5, 0.6) is 0 Å². The molecular formula is C13H18N4S. The van der Waals surface area contributed by atoms with Crippen molar-refractivity contribution < 1.29 is 0 Å². The van der Waals surface area contributed by atoms with Crippen molar-refractivity contribution in [1.29, 1.82) is 0 Å². The molecule has 1 aliphatic carbocycles. The minimum Gasteiger partial charge on any atom is -0.369 e. The molecule has 0 saturated heterocycles. The normalized spacial score (nSPS) is 24.5. The minimum absolute atomic E-state index is 0.455. The van der Waals surface area contributed by atoms with Crippen molar-refractivity contribution in [3.63, 3.8) is 0 Å². The van der Waals surface area contributed by atoms with Gasteiger partial charge in [-0.05, 0) is 37.7 Å². The van der Waals surface area contributed by atoms with Gasteiger partial charge in [0, 0.05) is 17.5 Å². The molecule has 3 rings (SSSR count). The molecule has 0 bridgehead atoms. The second-order valence-electron chi connectivity index (χ2n) is 4.86. The number of aromatic nitrogens is 3. The Hall–Kier alpha value is -1.23. The van der Waals surface area contributed by atoms with Crippen molar-refractivity contribution in [2.75, 3.05) is 12.0 Å². The number of hydrogen-bond acceptors (Lipinski definition) is 4. The van der Waals surface area contributed by atoms with E-state index in [1.807, 2.05) is 30.1 Å². The molecule has 4 nitrogen and oxygen atoms in total. The Morgan fingerprint density at radius 2 is 2.33 bits per heavy atom. The fourth-order valence-corrected chi connectivity index (χ4v) is 3.69. The molecule has 2 aromatic heterocycles. The summed E-state index contributed by atoms with van der Waals surface area (Å²) >= 11 is 1.96. The van der Waals surface area contributed by atoms with Crippen LogP contribution >= 0.6 is 11.8 Å². The summed E-state index contributed by atoms with van der Waals surface area (Å²) in [5.41, 5.74) is 7.91. The quantitative estimate of drug-likeness (QED) is 0.904. The maximum absolute atomic E-state index is 6.08. The molecule has 18 heavy (non-hydrogen) atoms. The molecule has 5 heteroatoms. The number of pyridine rings is 1. The summed E-state index contributed by atoms with van der Waals surface area (Å²) in [7, 11) is 0. The largest absolute Gasteiger partial charge is 0.369 e. The molecule has 2 aromatic rings. The van der Waals surface area contributed by atoms with E-state index in [0.29, 0.717) is 12.0 Å². The third-order valence-electron chi connectivity index (χ3n) is 3.77. The number of rotatable bonds is 2. The van der Waals surface area contributed by atoms with Crippen LogP contribution in [0.2, 0.25) is 0 Å². The first kappa shape index (κ1) is 11.8. The third-order valence-corrected chi connectivity index (χ3v) is 4.87. The fourth-order valence-electron chi connectivity index (χ4n) is 2.88. The lowest BCUT2D eigenvalue weighted by Crippen LogP contribution is -2.22. The van der Waals surface area contributed by atoms with Gasteiger partial charge in [0.15, 0.2) is 5.65 Å². The average molecular weight is 262 g/mol. The minimum atomic E-state index is 0.455. The molecule has 0 aromatic carbocycles. The first-order valence-corrected chi connectivity index (χ1v) is 7.69. The fraction of sp³-hybridized carbons (Fsp3) is 0.538. The number of nitrogen functional groups attached to an aromatic ring is 1. The van der Waals surface area contributed by atoms with Crippen LogP contribution < -0.4 is 5.73 Å². The summed E-state index contributed by atoms with van der Waals surface area (Å²) < 4.78 is 2.14. The van der Waals surface area contributed by atoms with E-state index in [1.165, 1.54) is 25.7 Å². The monoisotopic (exact) mass is 262 g/mol. The van der Waals surface area contributed by atoms with Crippen molar-refractivity contribution in [1.82, 2.24) is 14.5 Å². The molecule has 2 heterocycles. The van der Waals surface area contributed by atoms with Gasteiger partial charge in [0.1, 0.15) is 5.52 Å². The Balaban J connectivity index is 2.00. The zero-order valence-electron chi connectivity index (χ0n) is 10.5. The smallest absolute Gasteiger partial charge is 0.202 e. The van der Waals surface area contributed by atoms with Gasteiger partial charge >= 0.3 is 0 Å². The van der Waals surface area contributed by atoms with Crippen molar-refractivity contribution in [2.24, 2.45) is 0 Å². The van der Waals surface area contributed by atoms with Gasteiger partial charge in [-0.25, -0.2) is 9.97 Å². The van der Waals surface area contributed by atoms with E-state index < -0.39 is 0 Å². The lowest BCUT2D eigenvalue weighted by atomic mass is 9.95. The van der Waals surface area contributed by atoms with E-state index in [4.69, 9.17) is 5.73 Å². The molecule has 2 N–H and O–H groups in total. The highest BCUT2D eigenvalue weighted by Gasteiger charge is 2.25. The van der Waals surface area contributed by atoms with E-state index in [1.54, 1.807) is 0 Å². The van der Waals surface area contributed by atoms with E-state index >= 15 is 0 Å². The predicted octanol–water partition coefficient (Wildman–Crippen LogP) is 2.86. The lowest BCUT2D eigenvalue weighted by Gasteiger charge is -2.29. The van der Waals surface area contributed by atoms with Crippen LogP contribution in [-0.4, -0.2) is 26.0 Å². The number of fused-ring (bicyclic) bond motifs is 1. The molecule has 0 aliphatic heterocycles. The molecule has 2 unspecified atom stereocenters. The van der Waals surface area contributed by atoms with Crippen molar-refractivity contribution in [2.45, 2.75) is 37.0 Å². The molecular weight excluding hydrogens is 244 g/mol. The number of hydrogen-bond donors (Lipinski definition) is 1. The highest BCUT2D eigenvalue weighted by molar-refractivity contribution is 7.99. The van der Waals surface area contributed by atoms with Crippen LogP contribution in [0.15, 0.2) is 18.3 Å². The van der Waals surface area contributed by atoms with Crippen molar-refractivity contribution >= 4 is 28.9 Å². The topological polar surface area (TPSA) is 56.7 Å².